The van der Waals surface area contributed by atoms with Crippen molar-refractivity contribution in [2.75, 3.05) is 32.1 Å². The van der Waals surface area contributed by atoms with Crippen molar-refractivity contribution in [3.63, 3.8) is 0 Å². The fourth-order valence-electron chi connectivity index (χ4n) is 5.20. The van der Waals surface area contributed by atoms with E-state index < -0.39 is 72.8 Å². The molecule has 1 aromatic rings. The van der Waals surface area contributed by atoms with Gasteiger partial charge in [0, 0.05) is 37.9 Å². The second-order valence-electron chi connectivity index (χ2n) is 11.3. The van der Waals surface area contributed by atoms with Crippen molar-refractivity contribution < 1.29 is 68.8 Å². The Bertz CT molecular complexity index is 1270. The molecule has 262 valence electrons. The Morgan fingerprint density at radius 1 is 1.13 bits per heavy atom. The number of rotatable bonds is 15. The van der Waals surface area contributed by atoms with Crippen LogP contribution in [0.3, 0.4) is 0 Å². The van der Waals surface area contributed by atoms with Gasteiger partial charge in [0.05, 0.1) is 41.5 Å². The van der Waals surface area contributed by atoms with E-state index in [1.165, 1.54) is 24.3 Å². The summed E-state index contributed by atoms with van der Waals surface area (Å²) < 4.78 is 28.6. The van der Waals surface area contributed by atoms with Crippen molar-refractivity contribution in [1.29, 1.82) is 0 Å². The monoisotopic (exact) mass is 688 g/mol. The van der Waals surface area contributed by atoms with Crippen molar-refractivity contribution >= 4 is 29.3 Å². The number of carbonyl (C=O) groups is 2. The molecule has 4 rings (SSSR count). The molecular weight excluding hydrogens is 648 g/mol. The maximum absolute atomic E-state index is 12.2. The van der Waals surface area contributed by atoms with E-state index in [1.807, 2.05) is 0 Å². The van der Waals surface area contributed by atoms with Crippen molar-refractivity contribution in [2.24, 2.45) is 0 Å². The Morgan fingerprint density at radius 2 is 1.85 bits per heavy atom. The Hall–Kier alpha value is -2.91. The average Bonchev–Trinajstić information content (AvgIpc) is 3.05. The number of aliphatic hydroxyl groups excluding tert-OH is 6. The summed E-state index contributed by atoms with van der Waals surface area (Å²) in [7, 11) is 0. The number of nitrogens with one attached hydrogen (secondary N) is 1. The van der Waals surface area contributed by atoms with Gasteiger partial charge in [-0.3, -0.25) is 19.7 Å². The van der Waals surface area contributed by atoms with Gasteiger partial charge in [0.2, 0.25) is 11.7 Å². The van der Waals surface area contributed by atoms with E-state index in [9.17, 15) is 50.3 Å². The first-order valence-electron chi connectivity index (χ1n) is 15.1. The lowest BCUT2D eigenvalue weighted by Gasteiger charge is -2.50. The van der Waals surface area contributed by atoms with Gasteiger partial charge < -0.3 is 59.6 Å². The second kappa shape index (κ2) is 17.0. The third-order valence-electron chi connectivity index (χ3n) is 7.69. The number of hydrogen-bond donors (Lipinski definition) is 7. The molecule has 0 radical (unpaired) electrons. The summed E-state index contributed by atoms with van der Waals surface area (Å²) in [6, 6.07) is 5.14. The zero-order valence-electron chi connectivity index (χ0n) is 25.3. The number of ether oxygens (including phenoxy) is 5. The van der Waals surface area contributed by atoms with E-state index in [0.29, 0.717) is 24.2 Å². The highest BCUT2D eigenvalue weighted by molar-refractivity contribution is 8.03. The number of aliphatic hydroxyl groups is 6. The Balaban J connectivity index is 1.18. The molecule has 3 aliphatic heterocycles. The standard InChI is InChI=1S/C29H40N2O15S/c32-13-19(35)25-23(38)18(34)12-29(45-25)15-47-27-26(46-29)24(39)20(14-33)44-28(27)42-11-3-10-30-21(36)4-1-2-5-22(37)43-17-8-6-16(7-9-17)31(40)41/h6-9,18-20,23-25,28,32-35,38-39H,1-5,10-15H2,(H,30,36)/t18?,19-,20?,23?,24?,25+,28?,29+/m1/s1. The van der Waals surface area contributed by atoms with E-state index in [4.69, 9.17) is 23.7 Å². The minimum absolute atomic E-state index is 0.00213. The van der Waals surface area contributed by atoms with E-state index in [0.717, 1.165) is 11.8 Å². The lowest BCUT2D eigenvalue weighted by Crippen LogP contribution is -2.62. The van der Waals surface area contributed by atoms with E-state index in [1.54, 1.807) is 0 Å². The van der Waals surface area contributed by atoms with Crippen molar-refractivity contribution in [3.8, 4) is 5.75 Å². The number of nitro benzene ring substituents is 1. The van der Waals surface area contributed by atoms with Gasteiger partial charge in [-0.2, -0.15) is 0 Å². The van der Waals surface area contributed by atoms with Crippen molar-refractivity contribution in [1.82, 2.24) is 5.32 Å². The molecule has 7 N–H and O–H groups in total. The number of hydrogen-bond acceptors (Lipinski definition) is 16. The van der Waals surface area contributed by atoms with Crippen LogP contribution in [0.4, 0.5) is 5.69 Å². The summed E-state index contributed by atoms with van der Waals surface area (Å²) in [5.41, 5.74) is -0.117. The molecular formula is C29H40N2O15S. The first-order chi connectivity index (χ1) is 22.5. The van der Waals surface area contributed by atoms with Crippen LogP contribution in [-0.2, 0) is 28.5 Å². The largest absolute Gasteiger partial charge is 0.462 e. The molecule has 47 heavy (non-hydrogen) atoms. The number of benzene rings is 1. The molecule has 0 aromatic heterocycles. The van der Waals surface area contributed by atoms with Gasteiger partial charge in [-0.05, 0) is 31.4 Å². The van der Waals surface area contributed by atoms with Gasteiger partial charge in [0.25, 0.3) is 5.69 Å². The fraction of sp³-hybridized carbons (Fsp3) is 0.655. The summed E-state index contributed by atoms with van der Waals surface area (Å²) >= 11 is 1.16. The van der Waals surface area contributed by atoms with Crippen LogP contribution in [0.5, 0.6) is 5.75 Å². The van der Waals surface area contributed by atoms with E-state index in [-0.39, 0.29) is 61.3 Å². The molecule has 17 nitrogen and oxygen atoms in total. The summed E-state index contributed by atoms with van der Waals surface area (Å²) in [6.07, 6.45) is -7.92. The minimum atomic E-state index is -1.55. The van der Waals surface area contributed by atoms with Crippen LogP contribution in [-0.4, -0.2) is 128 Å². The predicted octanol–water partition coefficient (Wildman–Crippen LogP) is -0.803. The lowest BCUT2D eigenvalue weighted by molar-refractivity contribution is -0.384. The lowest BCUT2D eigenvalue weighted by atomic mass is 9.93. The molecule has 0 aliphatic carbocycles. The second-order valence-corrected chi connectivity index (χ2v) is 12.3. The minimum Gasteiger partial charge on any atom is -0.462 e. The van der Waals surface area contributed by atoms with Crippen LogP contribution in [0.2, 0.25) is 0 Å². The van der Waals surface area contributed by atoms with Gasteiger partial charge >= 0.3 is 5.97 Å². The van der Waals surface area contributed by atoms with Crippen LogP contribution in [0.15, 0.2) is 34.9 Å². The molecule has 0 bridgehead atoms. The third kappa shape index (κ3) is 9.59. The summed E-state index contributed by atoms with van der Waals surface area (Å²) in [5.74, 6) is -2.03. The predicted molar refractivity (Wildman–Crippen MR) is 160 cm³/mol. The molecule has 1 saturated heterocycles. The normalized spacial score (nSPS) is 29.5. The molecule has 5 unspecified atom stereocenters. The topological polar surface area (TPSA) is 257 Å². The zero-order chi connectivity index (χ0) is 34.1. The van der Waals surface area contributed by atoms with Crippen LogP contribution in [0.25, 0.3) is 0 Å². The number of amides is 1. The Morgan fingerprint density at radius 3 is 2.53 bits per heavy atom. The summed E-state index contributed by atoms with van der Waals surface area (Å²) in [6.45, 7) is -0.893. The highest BCUT2D eigenvalue weighted by atomic mass is 32.2. The quantitative estimate of drug-likeness (QED) is 0.0391. The molecule has 1 spiro atoms. The molecule has 0 saturated carbocycles. The number of nitro groups is 1. The van der Waals surface area contributed by atoms with E-state index in [2.05, 4.69) is 5.32 Å². The molecule has 1 fully saturated rings. The number of unbranched alkanes of at least 4 members (excludes halogenated alkanes) is 1. The molecule has 3 heterocycles. The first-order valence-corrected chi connectivity index (χ1v) is 16.1. The SMILES string of the molecule is O=C(CCCCC(=O)Oc1ccc([N+](=O)[O-])cc1)NCCCOC1OC(CO)C(O)C2=C1SC[C@]1(CC(O)C(O)[C@H]([C@H](O)CO)O1)O2. The maximum Gasteiger partial charge on any atom is 0.311 e. The number of non-ortho nitro benzene ring substituents is 1. The van der Waals surface area contributed by atoms with Crippen LogP contribution < -0.4 is 10.1 Å². The van der Waals surface area contributed by atoms with Gasteiger partial charge in [0.1, 0.15) is 42.0 Å². The molecule has 8 atom stereocenters. The average molecular weight is 689 g/mol. The van der Waals surface area contributed by atoms with Crippen LogP contribution in [0, 0.1) is 10.1 Å². The van der Waals surface area contributed by atoms with Crippen LogP contribution in [0.1, 0.15) is 38.5 Å². The summed E-state index contributed by atoms with van der Waals surface area (Å²) in [4.78, 5) is 34.7. The maximum atomic E-state index is 12.2. The van der Waals surface area contributed by atoms with Crippen LogP contribution >= 0.6 is 11.8 Å². The van der Waals surface area contributed by atoms with Crippen molar-refractivity contribution in [2.45, 2.75) is 87.2 Å². The first kappa shape index (κ1) is 36.9. The highest BCUT2D eigenvalue weighted by Crippen LogP contribution is 2.47. The number of esters is 1. The van der Waals surface area contributed by atoms with Crippen molar-refractivity contribution in [3.05, 3.63) is 45.0 Å². The molecule has 1 aromatic carbocycles. The number of nitrogens with zero attached hydrogens (tertiary/aromatic N) is 1. The number of thioether (sulfide) groups is 1. The zero-order valence-corrected chi connectivity index (χ0v) is 26.2. The Labute approximate surface area is 273 Å². The fourth-order valence-corrected chi connectivity index (χ4v) is 6.38. The Kier molecular flexibility index (Phi) is 13.3. The summed E-state index contributed by atoms with van der Waals surface area (Å²) in [5, 5.41) is 74.2. The molecule has 18 heteroatoms. The molecule has 3 aliphatic rings. The van der Waals surface area contributed by atoms with Gasteiger partial charge in [-0.15, -0.1) is 11.8 Å². The highest BCUT2D eigenvalue weighted by Gasteiger charge is 2.55. The third-order valence-corrected chi connectivity index (χ3v) is 8.98. The smallest absolute Gasteiger partial charge is 0.311 e. The van der Waals surface area contributed by atoms with Gasteiger partial charge in [-0.1, -0.05) is 0 Å². The van der Waals surface area contributed by atoms with E-state index >= 15 is 0 Å². The van der Waals surface area contributed by atoms with Gasteiger partial charge in [-0.25, -0.2) is 0 Å². The van der Waals surface area contributed by atoms with Gasteiger partial charge in [0.15, 0.2) is 6.29 Å². The number of carbonyl (C=O) groups excluding carboxylic acids is 2. The molecule has 1 amide bonds.